The number of carbonyl (C=O) groups excluding carboxylic acids is 1. The maximum Gasteiger partial charge on any atom is 0.333 e. The van der Waals surface area contributed by atoms with Crippen molar-refractivity contribution in [1.29, 1.82) is 0 Å². The van der Waals surface area contributed by atoms with E-state index in [-0.39, 0.29) is 11.7 Å². The van der Waals surface area contributed by atoms with Crippen LogP contribution in [-0.4, -0.2) is 40.4 Å². The summed E-state index contributed by atoms with van der Waals surface area (Å²) in [5.74, 6) is 0.0657. The number of ether oxygens (including phenoxy) is 1. The van der Waals surface area contributed by atoms with Gasteiger partial charge in [0, 0.05) is 13.1 Å². The molecule has 1 aromatic rings. The molecule has 0 spiro atoms. The molecule has 8 heteroatoms. The second kappa shape index (κ2) is 6.11. The van der Waals surface area contributed by atoms with Gasteiger partial charge in [-0.2, -0.15) is 5.10 Å². The third-order valence-electron chi connectivity index (χ3n) is 3.69. The van der Waals surface area contributed by atoms with Crippen LogP contribution in [0.5, 0.6) is 0 Å². The quantitative estimate of drug-likeness (QED) is 0.466. The van der Waals surface area contributed by atoms with Gasteiger partial charge in [-0.15, -0.1) is 0 Å². The predicted octanol–water partition coefficient (Wildman–Crippen LogP) is 1.65. The van der Waals surface area contributed by atoms with Crippen molar-refractivity contribution in [2.24, 2.45) is 0 Å². The number of aromatic nitrogens is 2. The topological polar surface area (TPSA) is 90.5 Å². The van der Waals surface area contributed by atoms with Gasteiger partial charge in [-0.1, -0.05) is 6.92 Å². The summed E-state index contributed by atoms with van der Waals surface area (Å²) in [6.45, 7) is 4.77. The number of nitrogens with zero attached hydrogens (tertiary/aromatic N) is 4. The molecule has 1 unspecified atom stereocenters. The highest BCUT2D eigenvalue weighted by atomic mass is 16.6. The number of methoxy groups -OCH3 is 1. The lowest BCUT2D eigenvalue weighted by atomic mass is 10.2. The van der Waals surface area contributed by atoms with Gasteiger partial charge in [0.15, 0.2) is 0 Å². The SMILES string of the molecule is CCCn1nc(C)c([N+](=O)[O-])c1N1CCCC1C(=O)OC. The largest absolute Gasteiger partial charge is 0.467 e. The van der Waals surface area contributed by atoms with Crippen LogP contribution in [-0.2, 0) is 16.1 Å². The summed E-state index contributed by atoms with van der Waals surface area (Å²) in [7, 11) is 1.34. The first-order valence-electron chi connectivity index (χ1n) is 7.07. The third kappa shape index (κ3) is 2.70. The normalized spacial score (nSPS) is 18.0. The van der Waals surface area contributed by atoms with Gasteiger partial charge >= 0.3 is 11.7 Å². The molecule has 1 fully saturated rings. The second-order valence-electron chi connectivity index (χ2n) is 5.11. The fraction of sp³-hybridized carbons (Fsp3) is 0.692. The summed E-state index contributed by atoms with van der Waals surface area (Å²) in [6.07, 6.45) is 2.25. The Morgan fingerprint density at radius 1 is 1.57 bits per heavy atom. The van der Waals surface area contributed by atoms with Crippen LogP contribution in [0.25, 0.3) is 0 Å². The highest BCUT2D eigenvalue weighted by Gasteiger charge is 2.39. The van der Waals surface area contributed by atoms with Crippen molar-refractivity contribution in [1.82, 2.24) is 9.78 Å². The minimum atomic E-state index is -0.472. The maximum atomic E-state index is 11.9. The Bertz CT molecular complexity index is 555. The molecular weight excluding hydrogens is 276 g/mol. The third-order valence-corrected chi connectivity index (χ3v) is 3.69. The Morgan fingerprint density at radius 3 is 2.86 bits per heavy atom. The first-order chi connectivity index (χ1) is 10.0. The fourth-order valence-corrected chi connectivity index (χ4v) is 2.83. The van der Waals surface area contributed by atoms with Gasteiger partial charge < -0.3 is 9.64 Å². The van der Waals surface area contributed by atoms with Crippen LogP contribution in [0.1, 0.15) is 31.9 Å². The molecule has 0 aromatic carbocycles. The maximum absolute atomic E-state index is 11.9. The zero-order valence-electron chi connectivity index (χ0n) is 12.5. The Labute approximate surface area is 122 Å². The molecule has 0 amide bonds. The van der Waals surface area contributed by atoms with E-state index in [2.05, 4.69) is 5.10 Å². The van der Waals surface area contributed by atoms with E-state index >= 15 is 0 Å². The van der Waals surface area contributed by atoms with Crippen LogP contribution >= 0.6 is 0 Å². The van der Waals surface area contributed by atoms with E-state index in [1.807, 2.05) is 6.92 Å². The Balaban J connectivity index is 2.50. The Hall–Kier alpha value is -2.12. The van der Waals surface area contributed by atoms with Crippen molar-refractivity contribution in [3.8, 4) is 0 Å². The average molecular weight is 296 g/mol. The van der Waals surface area contributed by atoms with Crippen molar-refractivity contribution in [2.75, 3.05) is 18.6 Å². The van der Waals surface area contributed by atoms with Gasteiger partial charge in [0.2, 0.25) is 5.82 Å². The molecular formula is C13H20N4O4. The van der Waals surface area contributed by atoms with E-state index < -0.39 is 11.0 Å². The van der Waals surface area contributed by atoms with E-state index in [1.165, 1.54) is 7.11 Å². The monoisotopic (exact) mass is 296 g/mol. The standard InChI is InChI=1S/C13H20N4O4/c1-4-7-16-12(11(17(19)20)9(2)14-16)15-8-5-6-10(15)13(18)21-3/h10H,4-8H2,1-3H3. The number of anilines is 1. The van der Waals surface area contributed by atoms with Crippen LogP contribution < -0.4 is 4.90 Å². The van der Waals surface area contributed by atoms with E-state index in [0.29, 0.717) is 31.0 Å². The van der Waals surface area contributed by atoms with Gasteiger partial charge in [-0.25, -0.2) is 9.48 Å². The zero-order valence-corrected chi connectivity index (χ0v) is 12.5. The molecule has 1 aliphatic rings. The van der Waals surface area contributed by atoms with Crippen LogP contribution in [0.4, 0.5) is 11.5 Å². The molecule has 0 bridgehead atoms. The lowest BCUT2D eigenvalue weighted by Gasteiger charge is -2.24. The lowest BCUT2D eigenvalue weighted by Crippen LogP contribution is -2.38. The molecule has 0 saturated carbocycles. The van der Waals surface area contributed by atoms with E-state index in [9.17, 15) is 14.9 Å². The van der Waals surface area contributed by atoms with Gasteiger partial charge in [0.1, 0.15) is 11.7 Å². The minimum Gasteiger partial charge on any atom is -0.467 e. The summed E-state index contributed by atoms with van der Waals surface area (Å²) in [4.78, 5) is 24.6. The molecule has 2 rings (SSSR count). The number of hydrogen-bond acceptors (Lipinski definition) is 6. The van der Waals surface area contributed by atoms with Crippen LogP contribution in [0, 0.1) is 17.0 Å². The van der Waals surface area contributed by atoms with Crippen molar-refractivity contribution in [3.63, 3.8) is 0 Å². The molecule has 0 N–H and O–H groups in total. The van der Waals surface area contributed by atoms with Crippen molar-refractivity contribution in [2.45, 2.75) is 45.7 Å². The molecule has 1 aliphatic heterocycles. The van der Waals surface area contributed by atoms with Crippen LogP contribution in [0.15, 0.2) is 0 Å². The average Bonchev–Trinajstić information content (AvgIpc) is 3.02. The van der Waals surface area contributed by atoms with Crippen molar-refractivity contribution in [3.05, 3.63) is 15.8 Å². The number of carbonyl (C=O) groups is 1. The predicted molar refractivity (Wildman–Crippen MR) is 76.3 cm³/mol. The Morgan fingerprint density at radius 2 is 2.29 bits per heavy atom. The van der Waals surface area contributed by atoms with E-state index in [4.69, 9.17) is 4.74 Å². The summed E-state index contributed by atoms with van der Waals surface area (Å²) in [5, 5.41) is 15.6. The molecule has 0 aliphatic carbocycles. The van der Waals surface area contributed by atoms with Gasteiger partial charge in [-0.05, 0) is 26.2 Å². The molecule has 1 atom stereocenters. The number of aryl methyl sites for hydroxylation is 2. The zero-order chi connectivity index (χ0) is 15.6. The summed E-state index contributed by atoms with van der Waals surface area (Å²) in [6, 6.07) is -0.472. The fourth-order valence-electron chi connectivity index (χ4n) is 2.83. The van der Waals surface area contributed by atoms with Gasteiger partial charge in [-0.3, -0.25) is 10.1 Å². The van der Waals surface area contributed by atoms with Gasteiger partial charge in [0.05, 0.1) is 12.0 Å². The number of rotatable bonds is 5. The molecule has 8 nitrogen and oxygen atoms in total. The van der Waals surface area contributed by atoms with E-state index in [1.54, 1.807) is 16.5 Å². The molecule has 2 heterocycles. The molecule has 21 heavy (non-hydrogen) atoms. The van der Waals surface area contributed by atoms with Crippen molar-refractivity contribution < 1.29 is 14.5 Å². The highest BCUT2D eigenvalue weighted by Crippen LogP contribution is 2.36. The van der Waals surface area contributed by atoms with E-state index in [0.717, 1.165) is 12.8 Å². The first-order valence-corrected chi connectivity index (χ1v) is 7.07. The molecule has 116 valence electrons. The summed E-state index contributed by atoms with van der Waals surface area (Å²) >= 11 is 0. The minimum absolute atomic E-state index is 0.0146. The highest BCUT2D eigenvalue weighted by molar-refractivity contribution is 5.82. The lowest BCUT2D eigenvalue weighted by molar-refractivity contribution is -0.384. The molecule has 1 aromatic heterocycles. The number of nitro groups is 1. The van der Waals surface area contributed by atoms with Gasteiger partial charge in [0.25, 0.3) is 0 Å². The van der Waals surface area contributed by atoms with Crippen molar-refractivity contribution >= 4 is 17.5 Å². The van der Waals surface area contributed by atoms with Crippen LogP contribution in [0.2, 0.25) is 0 Å². The van der Waals surface area contributed by atoms with Crippen LogP contribution in [0.3, 0.4) is 0 Å². The number of hydrogen-bond donors (Lipinski definition) is 0. The Kier molecular flexibility index (Phi) is 4.44. The summed E-state index contributed by atoms with van der Waals surface area (Å²) in [5.41, 5.74) is 0.359. The first kappa shape index (κ1) is 15.3. The molecule has 0 radical (unpaired) electrons. The second-order valence-corrected chi connectivity index (χ2v) is 5.11. The summed E-state index contributed by atoms with van der Waals surface area (Å²) < 4.78 is 6.45. The smallest absolute Gasteiger partial charge is 0.333 e. The number of esters is 1. The molecule has 1 saturated heterocycles.